The Morgan fingerprint density at radius 2 is 1.89 bits per heavy atom. The molecule has 1 aromatic carbocycles. The van der Waals surface area contributed by atoms with Gasteiger partial charge < -0.3 is 10.0 Å². The monoisotopic (exact) mass is 465 g/mol. The van der Waals surface area contributed by atoms with Crippen molar-refractivity contribution < 1.29 is 31.9 Å². The molecule has 3 atom stereocenters. The van der Waals surface area contributed by atoms with E-state index >= 15 is 0 Å². The Morgan fingerprint density at radius 1 is 1.22 bits per heavy atom. The minimum Gasteiger partial charge on any atom is -0.481 e. The van der Waals surface area contributed by atoms with E-state index in [1.165, 1.54) is 12.1 Å². The van der Waals surface area contributed by atoms with Crippen LogP contribution in [0.2, 0.25) is 0 Å². The summed E-state index contributed by atoms with van der Waals surface area (Å²) in [6, 6.07) is 6.04. The Kier molecular flexibility index (Phi) is 5.33. The highest BCUT2D eigenvalue weighted by Gasteiger charge is 2.51. The van der Waals surface area contributed by atoms with Crippen LogP contribution >= 0.6 is 15.9 Å². The molecular formula is C17H18BrF2NO5S. The number of carbonyl (C=O) groups excluding carboxylic acids is 1. The predicted octanol–water partition coefficient (Wildman–Crippen LogP) is 2.57. The van der Waals surface area contributed by atoms with Gasteiger partial charge in [0.25, 0.3) is 5.92 Å². The smallest absolute Gasteiger partial charge is 0.307 e. The number of carboxylic acid groups (broad SMARTS) is 1. The second-order valence-electron chi connectivity index (χ2n) is 7.01. The largest absolute Gasteiger partial charge is 0.481 e. The molecule has 27 heavy (non-hydrogen) atoms. The van der Waals surface area contributed by atoms with E-state index in [-0.39, 0.29) is 24.3 Å². The summed E-state index contributed by atoms with van der Waals surface area (Å²) >= 11 is 3.20. The number of benzene rings is 1. The molecule has 148 valence electrons. The molecule has 6 nitrogen and oxygen atoms in total. The summed E-state index contributed by atoms with van der Waals surface area (Å²) in [6.07, 6.45) is -0.874. The van der Waals surface area contributed by atoms with E-state index in [4.69, 9.17) is 0 Å². The molecule has 1 saturated heterocycles. The van der Waals surface area contributed by atoms with Crippen LogP contribution in [0.5, 0.6) is 0 Å². The number of hydrogen-bond donors (Lipinski definition) is 1. The number of sulfone groups is 1. The number of hydrogen-bond acceptors (Lipinski definition) is 4. The van der Waals surface area contributed by atoms with Crippen LogP contribution in [-0.4, -0.2) is 54.6 Å². The Labute approximate surface area is 163 Å². The molecule has 0 unspecified atom stereocenters. The first-order chi connectivity index (χ1) is 12.5. The standard InChI is InChI=1S/C17H18BrF2NO5S/c18-10-2-1-3-11(6-10)27(25,26)12-7-13(14(8-12)16(23)24)15(22)21-5-4-17(19,20)9-21/h1-3,6,12-14H,4-5,7-9H2,(H,23,24)/t12-,13+,14+/m0/s1. The van der Waals surface area contributed by atoms with E-state index in [0.717, 1.165) is 4.90 Å². The van der Waals surface area contributed by atoms with Crippen LogP contribution in [-0.2, 0) is 19.4 Å². The van der Waals surface area contributed by atoms with E-state index in [0.29, 0.717) is 4.47 Å². The molecule has 0 spiro atoms. The molecule has 2 fully saturated rings. The van der Waals surface area contributed by atoms with Crippen LogP contribution in [0.4, 0.5) is 8.78 Å². The summed E-state index contributed by atoms with van der Waals surface area (Å²) in [6.45, 7) is -0.907. The number of alkyl halides is 2. The van der Waals surface area contributed by atoms with E-state index in [1.807, 2.05) is 0 Å². The average Bonchev–Trinajstić information content (AvgIpc) is 3.18. The second-order valence-corrected chi connectivity index (χ2v) is 10.2. The van der Waals surface area contributed by atoms with E-state index < -0.39 is 57.7 Å². The molecule has 1 saturated carbocycles. The van der Waals surface area contributed by atoms with Crippen LogP contribution in [0.3, 0.4) is 0 Å². The minimum absolute atomic E-state index is 0.0341. The first-order valence-electron chi connectivity index (χ1n) is 8.40. The number of nitrogens with zero attached hydrogens (tertiary/aromatic N) is 1. The maximum absolute atomic E-state index is 13.4. The fraction of sp³-hybridized carbons (Fsp3) is 0.529. The van der Waals surface area contributed by atoms with Crippen molar-refractivity contribution in [3.63, 3.8) is 0 Å². The van der Waals surface area contributed by atoms with E-state index in [2.05, 4.69) is 15.9 Å². The van der Waals surface area contributed by atoms with Gasteiger partial charge in [-0.1, -0.05) is 22.0 Å². The maximum atomic E-state index is 13.4. The number of amides is 1. The zero-order valence-corrected chi connectivity index (χ0v) is 16.5. The van der Waals surface area contributed by atoms with Gasteiger partial charge in [0.05, 0.1) is 28.5 Å². The number of halogens is 3. The third kappa shape index (κ3) is 4.01. The quantitative estimate of drug-likeness (QED) is 0.737. The van der Waals surface area contributed by atoms with Crippen molar-refractivity contribution in [3.05, 3.63) is 28.7 Å². The maximum Gasteiger partial charge on any atom is 0.307 e. The van der Waals surface area contributed by atoms with Gasteiger partial charge in [-0.3, -0.25) is 9.59 Å². The first kappa shape index (κ1) is 20.2. The molecule has 3 rings (SSSR count). The highest BCUT2D eigenvalue weighted by atomic mass is 79.9. The van der Waals surface area contributed by atoms with Crippen molar-refractivity contribution in [2.45, 2.75) is 35.3 Å². The number of aliphatic carboxylic acids is 1. The van der Waals surface area contributed by atoms with Crippen molar-refractivity contribution in [2.24, 2.45) is 11.8 Å². The third-order valence-corrected chi connectivity index (χ3v) is 7.87. The van der Waals surface area contributed by atoms with Crippen molar-refractivity contribution in [1.29, 1.82) is 0 Å². The van der Waals surface area contributed by atoms with E-state index in [1.54, 1.807) is 12.1 Å². The van der Waals surface area contributed by atoms with Gasteiger partial charge in [0.1, 0.15) is 0 Å². The van der Waals surface area contributed by atoms with Crippen LogP contribution in [0.15, 0.2) is 33.6 Å². The van der Waals surface area contributed by atoms with Crippen LogP contribution in [0.25, 0.3) is 0 Å². The topological polar surface area (TPSA) is 91.7 Å². The van der Waals surface area contributed by atoms with Crippen molar-refractivity contribution >= 4 is 37.6 Å². The summed E-state index contributed by atoms with van der Waals surface area (Å²) in [4.78, 5) is 25.2. The first-order valence-corrected chi connectivity index (χ1v) is 10.7. The van der Waals surface area contributed by atoms with Crippen molar-refractivity contribution in [1.82, 2.24) is 4.90 Å². The Bertz CT molecular complexity index is 876. The predicted molar refractivity (Wildman–Crippen MR) is 95.1 cm³/mol. The molecule has 10 heteroatoms. The molecule has 2 aliphatic rings. The van der Waals surface area contributed by atoms with Gasteiger partial charge in [-0.05, 0) is 31.0 Å². The van der Waals surface area contributed by atoms with Crippen LogP contribution < -0.4 is 0 Å². The molecule has 1 N–H and O–H groups in total. The Morgan fingerprint density at radius 3 is 2.44 bits per heavy atom. The molecule has 1 aromatic rings. The highest BCUT2D eigenvalue weighted by Crippen LogP contribution is 2.41. The minimum atomic E-state index is -3.85. The molecule has 1 amide bonds. The fourth-order valence-corrected chi connectivity index (χ4v) is 6.20. The lowest BCUT2D eigenvalue weighted by Crippen LogP contribution is -2.39. The molecule has 0 aromatic heterocycles. The Hall–Kier alpha value is -1.55. The normalized spacial score (nSPS) is 27.7. The molecule has 0 bridgehead atoms. The van der Waals surface area contributed by atoms with Gasteiger partial charge >= 0.3 is 5.97 Å². The second kappa shape index (κ2) is 7.12. The summed E-state index contributed by atoms with van der Waals surface area (Å²) in [5, 5.41) is 8.40. The van der Waals surface area contributed by atoms with Gasteiger partial charge in [0, 0.05) is 17.4 Å². The van der Waals surface area contributed by atoms with Crippen LogP contribution in [0.1, 0.15) is 19.3 Å². The number of rotatable bonds is 4. The van der Waals surface area contributed by atoms with Crippen molar-refractivity contribution in [3.8, 4) is 0 Å². The van der Waals surface area contributed by atoms with Gasteiger partial charge in [-0.15, -0.1) is 0 Å². The summed E-state index contributed by atoms with van der Waals surface area (Å²) in [5.74, 6) is -7.31. The lowest BCUT2D eigenvalue weighted by molar-refractivity contribution is -0.149. The number of carboxylic acids is 1. The molecule has 1 aliphatic heterocycles. The van der Waals surface area contributed by atoms with Gasteiger partial charge in [-0.2, -0.15) is 0 Å². The van der Waals surface area contributed by atoms with Gasteiger partial charge in [-0.25, -0.2) is 17.2 Å². The SMILES string of the molecule is O=C(O)[C@@H]1C[C@@H](S(=O)(=O)c2cccc(Br)c2)C[C@H]1C(=O)N1CCC(F)(F)C1. The summed E-state index contributed by atoms with van der Waals surface area (Å²) in [5.41, 5.74) is 0. The van der Waals surface area contributed by atoms with E-state index in [9.17, 15) is 31.9 Å². The summed E-state index contributed by atoms with van der Waals surface area (Å²) < 4.78 is 53.2. The fourth-order valence-electron chi connectivity index (χ4n) is 3.79. The number of carbonyl (C=O) groups is 2. The third-order valence-electron chi connectivity index (χ3n) is 5.20. The zero-order valence-electron chi connectivity index (χ0n) is 14.1. The van der Waals surface area contributed by atoms with Gasteiger partial charge in [0.2, 0.25) is 5.91 Å². The zero-order chi connectivity index (χ0) is 20.0. The molecule has 0 radical (unpaired) electrons. The number of likely N-dealkylation sites (tertiary alicyclic amines) is 1. The molecule has 1 heterocycles. The summed E-state index contributed by atoms with van der Waals surface area (Å²) in [7, 11) is -3.85. The van der Waals surface area contributed by atoms with Gasteiger partial charge in [0.15, 0.2) is 9.84 Å². The highest BCUT2D eigenvalue weighted by molar-refractivity contribution is 9.10. The van der Waals surface area contributed by atoms with Crippen LogP contribution in [0, 0.1) is 11.8 Å². The van der Waals surface area contributed by atoms with Crippen molar-refractivity contribution in [2.75, 3.05) is 13.1 Å². The lowest BCUT2D eigenvalue weighted by atomic mass is 9.95. The molecular weight excluding hydrogens is 448 g/mol. The average molecular weight is 466 g/mol. The lowest BCUT2D eigenvalue weighted by Gasteiger charge is -2.22. The molecule has 1 aliphatic carbocycles. The Balaban J connectivity index is 1.85.